The number of rotatable bonds is 7. The summed E-state index contributed by atoms with van der Waals surface area (Å²) in [4.78, 5) is 51.2. The Labute approximate surface area is 217 Å². The zero-order chi connectivity index (χ0) is 26.2. The molecule has 9 nitrogen and oxygen atoms in total. The van der Waals surface area contributed by atoms with Gasteiger partial charge in [0.15, 0.2) is 12.4 Å². The van der Waals surface area contributed by atoms with Crippen molar-refractivity contribution in [2.45, 2.75) is 17.3 Å². The summed E-state index contributed by atoms with van der Waals surface area (Å²) >= 11 is 0. The van der Waals surface area contributed by atoms with Crippen molar-refractivity contribution in [1.82, 2.24) is 4.90 Å². The lowest BCUT2D eigenvalue weighted by Gasteiger charge is -2.59. The lowest BCUT2D eigenvalue weighted by molar-refractivity contribution is -0.385. The van der Waals surface area contributed by atoms with Crippen molar-refractivity contribution in [3.8, 4) is 5.75 Å². The molecule has 1 saturated carbocycles. The van der Waals surface area contributed by atoms with Crippen LogP contribution in [0.3, 0.4) is 0 Å². The molecular weight excluding hydrogens is 488 g/mol. The molecule has 4 aliphatic rings. The number of esters is 1. The molecule has 4 atom stereocenters. The number of imide groups is 1. The second kappa shape index (κ2) is 7.98. The Morgan fingerprint density at radius 2 is 1.42 bits per heavy atom. The highest BCUT2D eigenvalue weighted by atomic mass is 16.6. The minimum atomic E-state index is -0.748. The van der Waals surface area contributed by atoms with Crippen molar-refractivity contribution >= 4 is 23.5 Å². The molecule has 3 aromatic rings. The van der Waals surface area contributed by atoms with Crippen LogP contribution in [0.4, 0.5) is 5.69 Å². The molecule has 7 rings (SSSR count). The average molecular weight is 511 g/mol. The van der Waals surface area contributed by atoms with Crippen molar-refractivity contribution in [1.29, 1.82) is 0 Å². The number of ether oxygens (including phenoxy) is 2. The molecule has 3 aromatic carbocycles. The number of benzene rings is 3. The van der Waals surface area contributed by atoms with Crippen LogP contribution < -0.4 is 4.74 Å². The van der Waals surface area contributed by atoms with Gasteiger partial charge in [0, 0.05) is 23.3 Å². The number of carbonyl (C=O) groups excluding carboxylic acids is 3. The standard InChI is InChI=1S/C29H22N2O7/c32-22(15-38-21-12-6-5-11-20(21)31(35)36)37-14-13-30-27(33)23-24(28(30)34)26-17-8-2-4-10-19(17)29(26)18-9-3-1-7-16(18)25(23)29/h1-12,23-26H,13-15H2. The molecule has 1 spiro atoms. The second-order valence-corrected chi connectivity index (χ2v) is 10.1. The Balaban J connectivity index is 1.05. The molecule has 9 heteroatoms. The summed E-state index contributed by atoms with van der Waals surface area (Å²) in [5.74, 6) is -2.18. The van der Waals surface area contributed by atoms with Gasteiger partial charge in [-0.25, -0.2) is 4.79 Å². The fraction of sp³-hybridized carbons (Fsp3) is 0.276. The summed E-state index contributed by atoms with van der Waals surface area (Å²) in [6.07, 6.45) is 0. The van der Waals surface area contributed by atoms with Crippen LogP contribution in [0.25, 0.3) is 0 Å². The van der Waals surface area contributed by atoms with E-state index in [9.17, 15) is 24.5 Å². The third kappa shape index (κ3) is 2.73. The number of para-hydroxylation sites is 2. The van der Waals surface area contributed by atoms with Crippen molar-refractivity contribution in [2.24, 2.45) is 11.8 Å². The Bertz CT molecular complexity index is 1470. The molecule has 1 heterocycles. The van der Waals surface area contributed by atoms with Gasteiger partial charge in [0.1, 0.15) is 6.61 Å². The first kappa shape index (κ1) is 22.7. The summed E-state index contributed by atoms with van der Waals surface area (Å²) in [6.45, 7) is -0.750. The van der Waals surface area contributed by atoms with E-state index in [-0.39, 0.29) is 53.7 Å². The highest BCUT2D eigenvalue weighted by molar-refractivity contribution is 6.08. The summed E-state index contributed by atoms with van der Waals surface area (Å²) in [5, 5.41) is 11.1. The maximum atomic E-state index is 13.6. The Hall–Kier alpha value is -4.53. The van der Waals surface area contributed by atoms with Crippen LogP contribution in [-0.4, -0.2) is 47.4 Å². The van der Waals surface area contributed by atoms with Gasteiger partial charge in [-0.15, -0.1) is 0 Å². The van der Waals surface area contributed by atoms with E-state index < -0.39 is 29.3 Å². The van der Waals surface area contributed by atoms with Gasteiger partial charge in [-0.1, -0.05) is 60.7 Å². The van der Waals surface area contributed by atoms with Crippen LogP contribution in [0.2, 0.25) is 0 Å². The number of hydrogen-bond acceptors (Lipinski definition) is 7. The van der Waals surface area contributed by atoms with E-state index >= 15 is 0 Å². The molecule has 1 aliphatic heterocycles. The Morgan fingerprint density at radius 1 is 0.868 bits per heavy atom. The summed E-state index contributed by atoms with van der Waals surface area (Å²) in [6, 6.07) is 22.1. The molecule has 190 valence electrons. The first-order chi connectivity index (χ1) is 18.5. The van der Waals surface area contributed by atoms with Crippen LogP contribution in [0.1, 0.15) is 34.1 Å². The van der Waals surface area contributed by atoms with E-state index in [2.05, 4.69) is 24.3 Å². The maximum absolute atomic E-state index is 13.6. The average Bonchev–Trinajstić information content (AvgIpc) is 3.27. The molecule has 0 radical (unpaired) electrons. The predicted octanol–water partition coefficient (Wildman–Crippen LogP) is 3.31. The number of fused-ring (bicyclic) bond motifs is 7. The van der Waals surface area contributed by atoms with Crippen molar-refractivity contribution in [3.05, 3.63) is 105 Å². The van der Waals surface area contributed by atoms with E-state index in [0.29, 0.717) is 0 Å². The van der Waals surface area contributed by atoms with Crippen LogP contribution in [0.5, 0.6) is 5.75 Å². The van der Waals surface area contributed by atoms with Gasteiger partial charge in [0.2, 0.25) is 11.8 Å². The minimum absolute atomic E-state index is 0.0392. The van der Waals surface area contributed by atoms with Gasteiger partial charge in [0.05, 0.1) is 23.3 Å². The molecule has 1 saturated heterocycles. The van der Waals surface area contributed by atoms with Gasteiger partial charge in [-0.2, -0.15) is 0 Å². The molecule has 4 unspecified atom stereocenters. The number of hydrogen-bond donors (Lipinski definition) is 0. The van der Waals surface area contributed by atoms with E-state index in [1.54, 1.807) is 6.07 Å². The van der Waals surface area contributed by atoms with Gasteiger partial charge < -0.3 is 9.47 Å². The van der Waals surface area contributed by atoms with Crippen LogP contribution in [0.15, 0.2) is 72.8 Å². The van der Waals surface area contributed by atoms with Crippen molar-refractivity contribution < 1.29 is 28.8 Å². The molecule has 0 N–H and O–H groups in total. The molecule has 0 bridgehead atoms. The van der Waals surface area contributed by atoms with Crippen molar-refractivity contribution in [3.63, 3.8) is 0 Å². The minimum Gasteiger partial charge on any atom is -0.475 e. The number of nitro groups is 1. The number of nitrogens with zero attached hydrogens (tertiary/aromatic N) is 2. The van der Waals surface area contributed by atoms with Crippen LogP contribution in [-0.2, 0) is 24.5 Å². The predicted molar refractivity (Wildman–Crippen MR) is 132 cm³/mol. The largest absolute Gasteiger partial charge is 0.475 e. The summed E-state index contributed by atoms with van der Waals surface area (Å²) < 4.78 is 10.5. The van der Waals surface area contributed by atoms with Gasteiger partial charge in [0.25, 0.3) is 0 Å². The summed E-state index contributed by atoms with van der Waals surface area (Å²) in [5.41, 5.74) is 4.20. The fourth-order valence-electron chi connectivity index (χ4n) is 7.44. The van der Waals surface area contributed by atoms with Gasteiger partial charge >= 0.3 is 11.7 Å². The number of nitro benzene ring substituents is 1. The molecule has 2 amide bonds. The molecular formula is C29H22N2O7. The summed E-state index contributed by atoms with van der Waals surface area (Å²) in [7, 11) is 0. The molecule has 3 aliphatic carbocycles. The van der Waals surface area contributed by atoms with Gasteiger partial charge in [-0.3, -0.25) is 24.6 Å². The monoisotopic (exact) mass is 510 g/mol. The van der Waals surface area contributed by atoms with Crippen molar-refractivity contribution in [2.75, 3.05) is 19.8 Å². The van der Waals surface area contributed by atoms with E-state index in [4.69, 9.17) is 9.47 Å². The van der Waals surface area contributed by atoms with E-state index in [0.717, 1.165) is 11.1 Å². The maximum Gasteiger partial charge on any atom is 0.344 e. The van der Waals surface area contributed by atoms with E-state index in [1.807, 2.05) is 24.3 Å². The highest BCUT2D eigenvalue weighted by Crippen LogP contribution is 2.80. The fourth-order valence-corrected chi connectivity index (χ4v) is 7.44. The highest BCUT2D eigenvalue weighted by Gasteiger charge is 2.78. The zero-order valence-corrected chi connectivity index (χ0v) is 20.1. The van der Waals surface area contributed by atoms with Crippen LogP contribution >= 0.6 is 0 Å². The first-order valence-corrected chi connectivity index (χ1v) is 12.5. The van der Waals surface area contributed by atoms with E-state index in [1.165, 1.54) is 34.2 Å². The quantitative estimate of drug-likeness (QED) is 0.207. The zero-order valence-electron chi connectivity index (χ0n) is 20.1. The Kier molecular flexibility index (Phi) is 4.76. The van der Waals surface area contributed by atoms with Gasteiger partial charge in [-0.05, 0) is 28.3 Å². The normalized spacial score (nSPS) is 27.2. The second-order valence-electron chi connectivity index (χ2n) is 10.1. The number of carbonyl (C=O) groups is 3. The third-order valence-corrected chi connectivity index (χ3v) is 8.66. The van der Waals surface area contributed by atoms with Crippen LogP contribution in [0, 0.1) is 22.0 Å². The number of likely N-dealkylation sites (tertiary alicyclic amines) is 1. The smallest absolute Gasteiger partial charge is 0.344 e. The lowest BCUT2D eigenvalue weighted by atomic mass is 9.43. The number of amides is 2. The third-order valence-electron chi connectivity index (χ3n) is 8.66. The molecule has 38 heavy (non-hydrogen) atoms. The molecule has 2 fully saturated rings. The SMILES string of the molecule is O=C(COc1ccccc1[N+](=O)[O-])OCCN1C(=O)C2C(C1=O)C1c3ccccc3C13c1ccccc1C23. The lowest BCUT2D eigenvalue weighted by Crippen LogP contribution is -2.55. The topological polar surface area (TPSA) is 116 Å². The first-order valence-electron chi connectivity index (χ1n) is 12.5. The molecule has 0 aromatic heterocycles. The Morgan fingerprint density at radius 3 is 2.03 bits per heavy atom.